The second kappa shape index (κ2) is 11.4. The van der Waals surface area contributed by atoms with Crippen LogP contribution in [0.2, 0.25) is 0 Å². The first-order chi connectivity index (χ1) is 15.1. The number of ether oxygens (including phenoxy) is 2. The molecular formula is C24H31N3O5. The fraction of sp³-hybridized carbons (Fsp3) is 0.458. The van der Waals surface area contributed by atoms with Crippen LogP contribution in [-0.4, -0.2) is 24.1 Å². The fourth-order valence-electron chi connectivity index (χ4n) is 3.19. The van der Waals surface area contributed by atoms with E-state index in [1.807, 2.05) is 46.8 Å². The van der Waals surface area contributed by atoms with Gasteiger partial charge < -0.3 is 9.47 Å². The van der Waals surface area contributed by atoms with Gasteiger partial charge in [-0.2, -0.15) is 10.2 Å². The van der Waals surface area contributed by atoms with Crippen molar-refractivity contribution in [1.29, 1.82) is 0 Å². The number of rotatable bonds is 11. The van der Waals surface area contributed by atoms with Crippen LogP contribution in [0.5, 0.6) is 5.75 Å². The van der Waals surface area contributed by atoms with Gasteiger partial charge in [-0.05, 0) is 89.3 Å². The maximum absolute atomic E-state index is 11.9. The molecular weight excluding hydrogens is 410 g/mol. The zero-order chi connectivity index (χ0) is 23.7. The molecule has 0 unspecified atom stereocenters. The van der Waals surface area contributed by atoms with Gasteiger partial charge in [0, 0.05) is 12.1 Å². The number of benzene rings is 2. The quantitative estimate of drug-likeness (QED) is 0.126. The standard InChI is InChI=1S/C24H31N3O5/c1-6-31-23(28)24(4,5)13-7-8-14-32-21-15-17(2)22(18(3)16-21)26-25-19-9-11-20(12-10-19)27(29)30/h9-12,15-16H,6-8,13-14H2,1-5H3/b26-25+. The minimum atomic E-state index is -0.487. The number of carbonyl (C=O) groups excluding carboxylic acids is 1. The average Bonchev–Trinajstić information content (AvgIpc) is 2.73. The van der Waals surface area contributed by atoms with Gasteiger partial charge in [-0.3, -0.25) is 14.9 Å². The first-order valence-electron chi connectivity index (χ1n) is 10.7. The molecule has 8 nitrogen and oxygen atoms in total. The summed E-state index contributed by atoms with van der Waals surface area (Å²) in [5, 5.41) is 19.2. The highest BCUT2D eigenvalue weighted by molar-refractivity contribution is 5.75. The molecule has 0 aliphatic heterocycles. The Morgan fingerprint density at radius 2 is 1.69 bits per heavy atom. The number of non-ortho nitro benzene ring substituents is 1. The Bertz CT molecular complexity index is 945. The van der Waals surface area contributed by atoms with E-state index in [0.717, 1.165) is 41.8 Å². The molecule has 172 valence electrons. The second-order valence-corrected chi connectivity index (χ2v) is 8.29. The highest BCUT2D eigenvalue weighted by Gasteiger charge is 2.28. The first-order valence-corrected chi connectivity index (χ1v) is 10.7. The summed E-state index contributed by atoms with van der Waals surface area (Å²) in [4.78, 5) is 22.2. The molecule has 0 saturated carbocycles. The van der Waals surface area contributed by atoms with E-state index in [-0.39, 0.29) is 11.7 Å². The van der Waals surface area contributed by atoms with Crippen molar-refractivity contribution < 1.29 is 19.2 Å². The number of nitro benzene ring substituents is 1. The zero-order valence-corrected chi connectivity index (χ0v) is 19.4. The maximum Gasteiger partial charge on any atom is 0.311 e. The topological polar surface area (TPSA) is 103 Å². The molecule has 0 aliphatic rings. The lowest BCUT2D eigenvalue weighted by Gasteiger charge is -2.22. The van der Waals surface area contributed by atoms with E-state index in [4.69, 9.17) is 9.47 Å². The molecule has 0 N–H and O–H groups in total. The van der Waals surface area contributed by atoms with Crippen LogP contribution >= 0.6 is 0 Å². The molecule has 2 aromatic rings. The largest absolute Gasteiger partial charge is 0.494 e. The molecule has 8 heteroatoms. The van der Waals surface area contributed by atoms with Gasteiger partial charge in [-0.25, -0.2) is 0 Å². The lowest BCUT2D eigenvalue weighted by atomic mass is 9.87. The Hall–Kier alpha value is -3.29. The molecule has 32 heavy (non-hydrogen) atoms. The van der Waals surface area contributed by atoms with Crippen LogP contribution in [0, 0.1) is 29.4 Å². The predicted octanol–water partition coefficient (Wildman–Crippen LogP) is 6.77. The third-order valence-electron chi connectivity index (χ3n) is 5.08. The minimum Gasteiger partial charge on any atom is -0.494 e. The lowest BCUT2D eigenvalue weighted by Crippen LogP contribution is -2.26. The SMILES string of the molecule is CCOC(=O)C(C)(C)CCCCOc1cc(C)c(/N=N/c2ccc([N+](=O)[O-])cc2)c(C)c1. The Labute approximate surface area is 188 Å². The summed E-state index contributed by atoms with van der Waals surface area (Å²) in [6.07, 6.45) is 2.45. The predicted molar refractivity (Wildman–Crippen MR) is 123 cm³/mol. The van der Waals surface area contributed by atoms with Gasteiger partial charge in [0.1, 0.15) is 5.75 Å². The van der Waals surface area contributed by atoms with E-state index in [1.54, 1.807) is 12.1 Å². The van der Waals surface area contributed by atoms with Gasteiger partial charge in [0.05, 0.1) is 34.9 Å². The molecule has 0 aromatic heterocycles. The molecule has 0 atom stereocenters. The number of carbonyl (C=O) groups is 1. The van der Waals surface area contributed by atoms with Crippen molar-refractivity contribution >= 4 is 23.0 Å². The third kappa shape index (κ3) is 7.14. The molecule has 0 spiro atoms. The number of nitrogens with zero attached hydrogens (tertiary/aromatic N) is 3. The maximum atomic E-state index is 11.9. The van der Waals surface area contributed by atoms with E-state index in [9.17, 15) is 14.9 Å². The van der Waals surface area contributed by atoms with Gasteiger partial charge >= 0.3 is 5.97 Å². The molecule has 0 fully saturated rings. The van der Waals surface area contributed by atoms with Gasteiger partial charge in [0.25, 0.3) is 5.69 Å². The Balaban J connectivity index is 1.90. The first kappa shape index (κ1) is 25.0. The summed E-state index contributed by atoms with van der Waals surface area (Å²) in [5.74, 6) is 0.601. The molecule has 0 bridgehead atoms. The van der Waals surface area contributed by atoms with Crippen LogP contribution in [-0.2, 0) is 9.53 Å². The molecule has 0 aliphatic carbocycles. The monoisotopic (exact) mass is 441 g/mol. The molecule has 0 saturated heterocycles. The number of hydrogen-bond donors (Lipinski definition) is 0. The number of aryl methyl sites for hydroxylation is 2. The Morgan fingerprint density at radius 1 is 1.06 bits per heavy atom. The second-order valence-electron chi connectivity index (χ2n) is 8.29. The summed E-state index contributed by atoms with van der Waals surface area (Å²) < 4.78 is 11.0. The van der Waals surface area contributed by atoms with Crippen LogP contribution in [0.4, 0.5) is 17.1 Å². The van der Waals surface area contributed by atoms with E-state index >= 15 is 0 Å². The van der Waals surface area contributed by atoms with Gasteiger partial charge in [0.15, 0.2) is 0 Å². The molecule has 2 rings (SSSR count). The molecule has 0 amide bonds. The smallest absolute Gasteiger partial charge is 0.311 e. The Kier molecular flexibility index (Phi) is 8.87. The minimum absolute atomic E-state index is 0.0160. The van der Waals surface area contributed by atoms with Crippen molar-refractivity contribution in [3.63, 3.8) is 0 Å². The van der Waals surface area contributed by atoms with E-state index in [1.165, 1.54) is 12.1 Å². The highest BCUT2D eigenvalue weighted by Crippen LogP contribution is 2.31. The van der Waals surface area contributed by atoms with Crippen molar-refractivity contribution in [3.05, 3.63) is 57.6 Å². The van der Waals surface area contributed by atoms with E-state index in [0.29, 0.717) is 18.9 Å². The van der Waals surface area contributed by atoms with Crippen LogP contribution in [0.15, 0.2) is 46.6 Å². The van der Waals surface area contributed by atoms with Crippen molar-refractivity contribution in [3.8, 4) is 5.75 Å². The normalized spacial score (nSPS) is 11.5. The van der Waals surface area contributed by atoms with Gasteiger partial charge in [-0.1, -0.05) is 0 Å². The summed E-state index contributed by atoms with van der Waals surface area (Å²) in [6.45, 7) is 10.5. The summed E-state index contributed by atoms with van der Waals surface area (Å²) in [5.41, 5.74) is 2.66. The highest BCUT2D eigenvalue weighted by atomic mass is 16.6. The van der Waals surface area contributed by atoms with Crippen molar-refractivity contribution in [2.24, 2.45) is 15.6 Å². The lowest BCUT2D eigenvalue weighted by molar-refractivity contribution is -0.384. The van der Waals surface area contributed by atoms with Gasteiger partial charge in [-0.15, -0.1) is 0 Å². The van der Waals surface area contributed by atoms with Crippen LogP contribution < -0.4 is 4.74 Å². The van der Waals surface area contributed by atoms with Crippen molar-refractivity contribution in [2.75, 3.05) is 13.2 Å². The molecule has 0 heterocycles. The number of esters is 1. The summed E-state index contributed by atoms with van der Waals surface area (Å²) in [7, 11) is 0. The molecule has 2 aromatic carbocycles. The van der Waals surface area contributed by atoms with E-state index < -0.39 is 10.3 Å². The van der Waals surface area contributed by atoms with Gasteiger partial charge in [0.2, 0.25) is 0 Å². The van der Waals surface area contributed by atoms with Crippen molar-refractivity contribution in [2.45, 2.75) is 53.9 Å². The Morgan fingerprint density at radius 3 is 2.25 bits per heavy atom. The number of unbranched alkanes of at least 4 members (excludes halogenated alkanes) is 1. The van der Waals surface area contributed by atoms with Crippen LogP contribution in [0.1, 0.15) is 51.2 Å². The van der Waals surface area contributed by atoms with E-state index in [2.05, 4.69) is 10.2 Å². The van der Waals surface area contributed by atoms with Crippen LogP contribution in [0.3, 0.4) is 0 Å². The summed E-state index contributed by atoms with van der Waals surface area (Å²) >= 11 is 0. The summed E-state index contributed by atoms with van der Waals surface area (Å²) in [6, 6.07) is 9.76. The van der Waals surface area contributed by atoms with Crippen molar-refractivity contribution in [1.82, 2.24) is 0 Å². The van der Waals surface area contributed by atoms with Crippen LogP contribution in [0.25, 0.3) is 0 Å². The average molecular weight is 442 g/mol. The number of hydrogen-bond acceptors (Lipinski definition) is 7. The number of nitro groups is 1. The number of azo groups is 1. The zero-order valence-electron chi connectivity index (χ0n) is 19.4. The fourth-order valence-corrected chi connectivity index (χ4v) is 3.19. The molecule has 0 radical (unpaired) electrons. The third-order valence-corrected chi connectivity index (χ3v) is 5.08.